The fraction of sp³-hybridized carbons (Fsp3) is 0.417. The van der Waals surface area contributed by atoms with Crippen molar-refractivity contribution in [3.8, 4) is 0 Å². The number of halogens is 1. The van der Waals surface area contributed by atoms with Crippen LogP contribution in [0, 0.1) is 12.7 Å². The number of aryl methyl sites for hydroxylation is 1. The molecule has 1 atom stereocenters. The molecule has 2 amide bonds. The molecular formula is C24H31FN2O2S. The second kappa shape index (κ2) is 11.7. The Kier molecular flexibility index (Phi) is 9.37. The van der Waals surface area contributed by atoms with Gasteiger partial charge in [0.25, 0.3) is 0 Å². The molecule has 0 saturated carbocycles. The smallest absolute Gasteiger partial charge is 0.243 e. The number of carbonyl (C=O) groups excluding carboxylic acids is 2. The predicted octanol–water partition coefficient (Wildman–Crippen LogP) is 4.70. The first kappa shape index (κ1) is 23.9. The summed E-state index contributed by atoms with van der Waals surface area (Å²) in [7, 11) is 0. The fourth-order valence-electron chi connectivity index (χ4n) is 3.19. The van der Waals surface area contributed by atoms with Crippen molar-refractivity contribution in [2.75, 3.05) is 5.75 Å². The number of amides is 2. The summed E-state index contributed by atoms with van der Waals surface area (Å²) in [4.78, 5) is 27.5. The van der Waals surface area contributed by atoms with E-state index in [0.29, 0.717) is 6.42 Å². The number of nitrogens with one attached hydrogen (secondary N) is 1. The summed E-state index contributed by atoms with van der Waals surface area (Å²) in [5.74, 6) is 0.434. The predicted molar refractivity (Wildman–Crippen MR) is 122 cm³/mol. The van der Waals surface area contributed by atoms with Crippen LogP contribution in [0.4, 0.5) is 4.39 Å². The van der Waals surface area contributed by atoms with Crippen molar-refractivity contribution in [2.24, 2.45) is 0 Å². The summed E-state index contributed by atoms with van der Waals surface area (Å²) >= 11 is 1.54. The van der Waals surface area contributed by atoms with Crippen LogP contribution in [-0.4, -0.2) is 34.6 Å². The molecule has 30 heavy (non-hydrogen) atoms. The van der Waals surface area contributed by atoms with Crippen LogP contribution in [-0.2, 0) is 21.9 Å². The van der Waals surface area contributed by atoms with E-state index in [2.05, 4.69) is 24.4 Å². The van der Waals surface area contributed by atoms with Crippen LogP contribution in [0.5, 0.6) is 0 Å². The summed E-state index contributed by atoms with van der Waals surface area (Å²) in [6.07, 6.45) is 0.508. The van der Waals surface area contributed by atoms with Crippen molar-refractivity contribution in [3.63, 3.8) is 0 Å². The number of hydrogen-bond donors (Lipinski definition) is 1. The molecule has 1 unspecified atom stereocenters. The molecule has 2 aromatic rings. The standard InChI is InChI=1S/C24H31FN2O2S/c1-5-22(24(29)26-17(2)3)27(14-19-10-12-21(25)13-11-19)23(28)16-30-15-20-9-7-6-8-18(20)4/h6-13,17,22H,5,14-16H2,1-4H3,(H,26,29). The Labute approximate surface area is 183 Å². The molecule has 0 aliphatic heterocycles. The van der Waals surface area contributed by atoms with Crippen molar-refractivity contribution in [1.82, 2.24) is 10.2 Å². The molecule has 0 saturated heterocycles. The Hall–Kier alpha value is -2.34. The van der Waals surface area contributed by atoms with E-state index in [9.17, 15) is 14.0 Å². The van der Waals surface area contributed by atoms with Crippen molar-refractivity contribution < 1.29 is 14.0 Å². The number of hydrogen-bond acceptors (Lipinski definition) is 3. The topological polar surface area (TPSA) is 49.4 Å². The maximum atomic E-state index is 13.3. The van der Waals surface area contributed by atoms with Gasteiger partial charge in [-0.15, -0.1) is 11.8 Å². The van der Waals surface area contributed by atoms with Crippen LogP contribution in [0.15, 0.2) is 48.5 Å². The average Bonchev–Trinajstić information content (AvgIpc) is 2.70. The quantitative estimate of drug-likeness (QED) is 0.594. The second-order valence-corrected chi connectivity index (χ2v) is 8.64. The van der Waals surface area contributed by atoms with E-state index in [-0.39, 0.29) is 36.0 Å². The second-order valence-electron chi connectivity index (χ2n) is 7.65. The molecule has 0 radical (unpaired) electrons. The molecule has 0 fully saturated rings. The highest BCUT2D eigenvalue weighted by Gasteiger charge is 2.28. The zero-order valence-electron chi connectivity index (χ0n) is 18.2. The van der Waals surface area contributed by atoms with E-state index in [1.165, 1.54) is 23.3 Å². The van der Waals surface area contributed by atoms with Gasteiger partial charge in [0, 0.05) is 18.3 Å². The van der Waals surface area contributed by atoms with Crippen LogP contribution in [0.2, 0.25) is 0 Å². The molecule has 2 rings (SSSR count). The summed E-state index contributed by atoms with van der Waals surface area (Å²) in [5.41, 5.74) is 3.19. The third-order valence-corrected chi connectivity index (χ3v) is 5.79. The van der Waals surface area contributed by atoms with Crippen LogP contribution < -0.4 is 5.32 Å². The van der Waals surface area contributed by atoms with Crippen LogP contribution in [0.25, 0.3) is 0 Å². The maximum absolute atomic E-state index is 13.3. The molecule has 0 spiro atoms. The van der Waals surface area contributed by atoms with Crippen molar-refractivity contribution in [1.29, 1.82) is 0 Å². The van der Waals surface area contributed by atoms with Gasteiger partial charge in [-0.3, -0.25) is 9.59 Å². The van der Waals surface area contributed by atoms with Crippen molar-refractivity contribution >= 4 is 23.6 Å². The first-order valence-electron chi connectivity index (χ1n) is 10.3. The van der Waals surface area contributed by atoms with E-state index < -0.39 is 6.04 Å². The summed E-state index contributed by atoms with van der Waals surface area (Å²) in [5, 5.41) is 2.91. The van der Waals surface area contributed by atoms with Crippen LogP contribution in [0.3, 0.4) is 0 Å². The summed E-state index contributed by atoms with van der Waals surface area (Å²) in [6, 6.07) is 13.6. The lowest BCUT2D eigenvalue weighted by atomic mass is 10.1. The van der Waals surface area contributed by atoms with E-state index in [1.807, 2.05) is 32.9 Å². The SMILES string of the molecule is CCC(C(=O)NC(C)C)N(Cc1ccc(F)cc1)C(=O)CSCc1ccccc1C. The van der Waals surface area contributed by atoms with Gasteiger partial charge < -0.3 is 10.2 Å². The zero-order valence-corrected chi connectivity index (χ0v) is 19.0. The van der Waals surface area contributed by atoms with E-state index in [4.69, 9.17) is 0 Å². The normalized spacial score (nSPS) is 11.9. The molecule has 6 heteroatoms. The first-order valence-corrected chi connectivity index (χ1v) is 11.4. The van der Waals surface area contributed by atoms with Crippen LogP contribution in [0.1, 0.15) is 43.9 Å². The van der Waals surface area contributed by atoms with Crippen molar-refractivity contribution in [2.45, 2.75) is 58.5 Å². The Morgan fingerprint density at radius 3 is 2.37 bits per heavy atom. The van der Waals surface area contributed by atoms with E-state index in [0.717, 1.165) is 11.3 Å². The summed E-state index contributed by atoms with van der Waals surface area (Å²) < 4.78 is 13.3. The number of nitrogens with zero attached hydrogens (tertiary/aromatic N) is 1. The van der Waals surface area contributed by atoms with Gasteiger partial charge in [-0.25, -0.2) is 4.39 Å². The fourth-order valence-corrected chi connectivity index (χ4v) is 4.18. The van der Waals surface area contributed by atoms with Gasteiger partial charge in [0.15, 0.2) is 0 Å². The van der Waals surface area contributed by atoms with Gasteiger partial charge in [-0.2, -0.15) is 0 Å². The summed E-state index contributed by atoms with van der Waals surface area (Å²) in [6.45, 7) is 8.02. The number of carbonyl (C=O) groups is 2. The monoisotopic (exact) mass is 430 g/mol. The molecular weight excluding hydrogens is 399 g/mol. The minimum atomic E-state index is -0.566. The molecule has 4 nitrogen and oxygen atoms in total. The number of benzene rings is 2. The van der Waals surface area contributed by atoms with Gasteiger partial charge in [0.1, 0.15) is 11.9 Å². The molecule has 2 aromatic carbocycles. The van der Waals surface area contributed by atoms with Gasteiger partial charge in [0.05, 0.1) is 5.75 Å². The zero-order chi connectivity index (χ0) is 22.1. The Morgan fingerprint density at radius 1 is 1.10 bits per heavy atom. The molecule has 0 bridgehead atoms. The Morgan fingerprint density at radius 2 is 1.77 bits per heavy atom. The Balaban J connectivity index is 2.13. The van der Waals surface area contributed by atoms with Gasteiger partial charge in [-0.1, -0.05) is 43.3 Å². The largest absolute Gasteiger partial charge is 0.352 e. The lowest BCUT2D eigenvalue weighted by molar-refractivity contribution is -0.139. The maximum Gasteiger partial charge on any atom is 0.243 e. The lowest BCUT2D eigenvalue weighted by Crippen LogP contribution is -2.50. The molecule has 0 aromatic heterocycles. The van der Waals surface area contributed by atoms with Gasteiger partial charge in [-0.05, 0) is 56.0 Å². The first-order chi connectivity index (χ1) is 14.3. The molecule has 1 N–H and O–H groups in total. The number of thioether (sulfide) groups is 1. The lowest BCUT2D eigenvalue weighted by Gasteiger charge is -2.31. The minimum Gasteiger partial charge on any atom is -0.352 e. The highest BCUT2D eigenvalue weighted by Crippen LogP contribution is 2.19. The average molecular weight is 431 g/mol. The highest BCUT2D eigenvalue weighted by molar-refractivity contribution is 7.99. The highest BCUT2D eigenvalue weighted by atomic mass is 32.2. The van der Waals surface area contributed by atoms with Crippen molar-refractivity contribution in [3.05, 3.63) is 71.0 Å². The molecule has 0 aliphatic carbocycles. The molecule has 162 valence electrons. The van der Waals surface area contributed by atoms with Gasteiger partial charge in [0.2, 0.25) is 11.8 Å². The van der Waals surface area contributed by atoms with Gasteiger partial charge >= 0.3 is 0 Å². The molecule has 0 heterocycles. The minimum absolute atomic E-state index is 0.00949. The number of rotatable bonds is 10. The van der Waals surface area contributed by atoms with Crippen LogP contribution >= 0.6 is 11.8 Å². The third kappa shape index (κ3) is 7.17. The Bertz CT molecular complexity index is 839. The molecule has 0 aliphatic rings. The van der Waals surface area contributed by atoms with E-state index in [1.54, 1.807) is 28.8 Å². The van der Waals surface area contributed by atoms with E-state index >= 15 is 0 Å². The third-order valence-electron chi connectivity index (χ3n) is 4.83.